The highest BCUT2D eigenvalue weighted by Crippen LogP contribution is 2.30. The van der Waals surface area contributed by atoms with Crippen molar-refractivity contribution in [2.75, 3.05) is 19.6 Å². The SMILES string of the molecule is C[C@@H]1C[NH+](CC(O)(c2ccc(Cl)cc2)c2ccc(Cl)cc2)C[C@@H](C)O1. The maximum atomic E-state index is 11.7. The van der Waals surface area contributed by atoms with E-state index in [1.54, 1.807) is 0 Å². The van der Waals surface area contributed by atoms with Crippen LogP contribution in [0.15, 0.2) is 48.5 Å². The molecule has 0 bridgehead atoms. The van der Waals surface area contributed by atoms with Crippen LogP contribution in [0.5, 0.6) is 0 Å². The molecule has 3 rings (SSSR count). The van der Waals surface area contributed by atoms with E-state index >= 15 is 0 Å². The van der Waals surface area contributed by atoms with E-state index in [4.69, 9.17) is 27.9 Å². The van der Waals surface area contributed by atoms with Gasteiger partial charge in [0.15, 0.2) is 5.60 Å². The van der Waals surface area contributed by atoms with Gasteiger partial charge in [-0.15, -0.1) is 0 Å². The average molecular weight is 381 g/mol. The fourth-order valence-electron chi connectivity index (χ4n) is 3.72. The van der Waals surface area contributed by atoms with Crippen LogP contribution in [0.1, 0.15) is 25.0 Å². The van der Waals surface area contributed by atoms with Crippen LogP contribution in [-0.2, 0) is 10.3 Å². The molecule has 1 aliphatic heterocycles. The minimum absolute atomic E-state index is 0.179. The standard InChI is InChI=1S/C20H23Cl2NO2/c1-14-11-23(12-15(2)25-14)13-20(24,16-3-7-18(21)8-4-16)17-5-9-19(22)10-6-17/h3-10,14-15,24H,11-13H2,1-2H3/p+1/t14-,15-/m1/s1. The van der Waals surface area contributed by atoms with Gasteiger partial charge in [-0.05, 0) is 49.2 Å². The molecule has 1 heterocycles. The van der Waals surface area contributed by atoms with Gasteiger partial charge in [-0.1, -0.05) is 47.5 Å². The summed E-state index contributed by atoms with van der Waals surface area (Å²) in [6.45, 7) is 6.47. The number of rotatable bonds is 4. The topological polar surface area (TPSA) is 33.9 Å². The Hall–Kier alpha value is -1.10. The van der Waals surface area contributed by atoms with Crippen LogP contribution in [-0.4, -0.2) is 36.9 Å². The van der Waals surface area contributed by atoms with Gasteiger partial charge in [-0.3, -0.25) is 0 Å². The molecule has 134 valence electrons. The minimum atomic E-state index is -1.11. The lowest BCUT2D eigenvalue weighted by molar-refractivity contribution is -0.921. The predicted molar refractivity (Wildman–Crippen MR) is 101 cm³/mol. The summed E-state index contributed by atoms with van der Waals surface area (Å²) in [5.41, 5.74) is 0.554. The van der Waals surface area contributed by atoms with E-state index in [2.05, 4.69) is 13.8 Å². The first-order valence-electron chi connectivity index (χ1n) is 8.60. The van der Waals surface area contributed by atoms with Gasteiger partial charge in [-0.25, -0.2) is 0 Å². The number of halogens is 2. The normalized spacial score (nSPS) is 24.3. The second-order valence-corrected chi connectivity index (χ2v) is 7.84. The number of ether oxygens (including phenoxy) is 1. The van der Waals surface area contributed by atoms with Crippen LogP contribution in [0.4, 0.5) is 0 Å². The summed E-state index contributed by atoms with van der Waals surface area (Å²) in [4.78, 5) is 1.32. The van der Waals surface area contributed by atoms with Gasteiger partial charge in [-0.2, -0.15) is 0 Å². The monoisotopic (exact) mass is 380 g/mol. The lowest BCUT2D eigenvalue weighted by Gasteiger charge is -2.38. The van der Waals surface area contributed by atoms with Crippen LogP contribution in [0, 0.1) is 0 Å². The second-order valence-electron chi connectivity index (χ2n) is 6.97. The molecule has 0 aliphatic carbocycles. The number of benzene rings is 2. The largest absolute Gasteiger partial charge is 0.375 e. The summed E-state index contributed by atoms with van der Waals surface area (Å²) in [5.74, 6) is 0. The molecule has 1 fully saturated rings. The van der Waals surface area contributed by atoms with Crippen LogP contribution in [0.25, 0.3) is 0 Å². The van der Waals surface area contributed by atoms with Crippen LogP contribution < -0.4 is 4.90 Å². The van der Waals surface area contributed by atoms with Gasteiger partial charge >= 0.3 is 0 Å². The molecule has 0 unspecified atom stereocenters. The van der Waals surface area contributed by atoms with E-state index in [9.17, 15) is 5.11 Å². The maximum absolute atomic E-state index is 11.7. The van der Waals surface area contributed by atoms with Crippen molar-refractivity contribution in [1.82, 2.24) is 0 Å². The molecule has 0 aromatic heterocycles. The molecule has 2 N–H and O–H groups in total. The van der Waals surface area contributed by atoms with Crippen molar-refractivity contribution in [3.05, 3.63) is 69.7 Å². The quantitative estimate of drug-likeness (QED) is 0.854. The number of nitrogens with one attached hydrogen (secondary N) is 1. The van der Waals surface area contributed by atoms with Gasteiger partial charge in [0.1, 0.15) is 31.8 Å². The van der Waals surface area contributed by atoms with Gasteiger partial charge in [0.05, 0.1) is 0 Å². The fraction of sp³-hybridized carbons (Fsp3) is 0.400. The van der Waals surface area contributed by atoms with E-state index in [0.717, 1.165) is 24.2 Å². The first-order chi connectivity index (χ1) is 11.9. The third-order valence-electron chi connectivity index (χ3n) is 4.77. The Morgan fingerprint density at radius 2 is 1.32 bits per heavy atom. The highest BCUT2D eigenvalue weighted by atomic mass is 35.5. The third-order valence-corrected chi connectivity index (χ3v) is 5.27. The smallest absolute Gasteiger partial charge is 0.163 e. The average Bonchev–Trinajstić information content (AvgIpc) is 2.55. The second kappa shape index (κ2) is 7.65. The lowest BCUT2D eigenvalue weighted by atomic mass is 9.85. The van der Waals surface area contributed by atoms with E-state index in [-0.39, 0.29) is 12.2 Å². The molecular weight excluding hydrogens is 357 g/mol. The van der Waals surface area contributed by atoms with E-state index < -0.39 is 5.60 Å². The van der Waals surface area contributed by atoms with Crippen molar-refractivity contribution in [2.24, 2.45) is 0 Å². The summed E-state index contributed by atoms with van der Waals surface area (Å²) in [6, 6.07) is 14.8. The van der Waals surface area contributed by atoms with Crippen LogP contribution >= 0.6 is 23.2 Å². The summed E-state index contributed by atoms with van der Waals surface area (Å²) < 4.78 is 5.84. The molecular formula is C20H24Cl2NO2+. The lowest BCUT2D eigenvalue weighted by Crippen LogP contribution is -3.17. The van der Waals surface area contributed by atoms with E-state index in [1.807, 2.05) is 48.5 Å². The maximum Gasteiger partial charge on any atom is 0.163 e. The Balaban J connectivity index is 1.96. The summed E-state index contributed by atoms with van der Waals surface area (Å²) in [5, 5.41) is 13.0. The molecule has 1 aliphatic rings. The molecule has 1 saturated heterocycles. The molecule has 2 aromatic carbocycles. The molecule has 0 saturated carbocycles. The Kier molecular flexibility index (Phi) is 5.71. The number of morpholine rings is 1. The Labute approximate surface area is 159 Å². The number of quaternary nitrogens is 1. The molecule has 2 atom stereocenters. The molecule has 0 spiro atoms. The Morgan fingerprint density at radius 1 is 0.920 bits per heavy atom. The molecule has 3 nitrogen and oxygen atoms in total. The highest BCUT2D eigenvalue weighted by Gasteiger charge is 2.39. The van der Waals surface area contributed by atoms with Gasteiger partial charge in [0.25, 0.3) is 0 Å². The van der Waals surface area contributed by atoms with Gasteiger partial charge in [0.2, 0.25) is 0 Å². The molecule has 5 heteroatoms. The van der Waals surface area contributed by atoms with E-state index in [1.165, 1.54) is 4.90 Å². The summed E-state index contributed by atoms with van der Waals surface area (Å²) in [7, 11) is 0. The van der Waals surface area contributed by atoms with Crippen molar-refractivity contribution in [3.63, 3.8) is 0 Å². The van der Waals surface area contributed by atoms with E-state index in [0.29, 0.717) is 16.6 Å². The van der Waals surface area contributed by atoms with Crippen molar-refractivity contribution < 1.29 is 14.7 Å². The van der Waals surface area contributed by atoms with Gasteiger partial charge < -0.3 is 14.7 Å². The Morgan fingerprint density at radius 3 is 1.72 bits per heavy atom. The summed E-state index contributed by atoms with van der Waals surface area (Å²) in [6.07, 6.45) is 0.358. The first kappa shape index (κ1) is 18.7. The van der Waals surface area contributed by atoms with Crippen molar-refractivity contribution >= 4 is 23.2 Å². The zero-order chi connectivity index (χ0) is 18.0. The van der Waals surface area contributed by atoms with Crippen molar-refractivity contribution in [1.29, 1.82) is 0 Å². The van der Waals surface area contributed by atoms with Crippen LogP contribution in [0.3, 0.4) is 0 Å². The zero-order valence-corrected chi connectivity index (χ0v) is 16.0. The van der Waals surface area contributed by atoms with Crippen molar-refractivity contribution in [2.45, 2.75) is 31.7 Å². The molecule has 2 aromatic rings. The number of aliphatic hydroxyl groups is 1. The molecule has 0 radical (unpaired) electrons. The molecule has 0 amide bonds. The van der Waals surface area contributed by atoms with Crippen LogP contribution in [0.2, 0.25) is 10.0 Å². The minimum Gasteiger partial charge on any atom is -0.375 e. The Bertz CT molecular complexity index is 647. The highest BCUT2D eigenvalue weighted by molar-refractivity contribution is 6.30. The summed E-state index contributed by atoms with van der Waals surface area (Å²) >= 11 is 12.1. The fourth-order valence-corrected chi connectivity index (χ4v) is 3.97. The number of hydrogen-bond acceptors (Lipinski definition) is 2. The van der Waals surface area contributed by atoms with Gasteiger partial charge in [0, 0.05) is 10.0 Å². The van der Waals surface area contributed by atoms with Crippen molar-refractivity contribution in [3.8, 4) is 0 Å². The zero-order valence-electron chi connectivity index (χ0n) is 14.5. The number of hydrogen-bond donors (Lipinski definition) is 2. The third kappa shape index (κ3) is 4.36. The first-order valence-corrected chi connectivity index (χ1v) is 9.36. The molecule has 25 heavy (non-hydrogen) atoms. The predicted octanol–water partition coefficient (Wildman–Crippen LogP) is 2.92.